The Morgan fingerprint density at radius 3 is 2.59 bits per heavy atom. The standard InChI is InChI=1S/C13H18BrNO2/c1-10(11-6-4-3-5-7-11)13(16)15-12(8-14)9-17-2/h3-7,10,12H,8-9H2,1-2H3,(H,15,16). The van der Waals surface area contributed by atoms with Gasteiger partial charge < -0.3 is 10.1 Å². The summed E-state index contributed by atoms with van der Waals surface area (Å²) in [5, 5.41) is 3.64. The zero-order valence-corrected chi connectivity index (χ0v) is 11.7. The van der Waals surface area contributed by atoms with Crippen molar-refractivity contribution in [3.63, 3.8) is 0 Å². The first kappa shape index (κ1) is 14.2. The van der Waals surface area contributed by atoms with E-state index in [0.29, 0.717) is 11.9 Å². The second kappa shape index (κ2) is 7.45. The number of nitrogens with one attached hydrogen (secondary N) is 1. The Morgan fingerprint density at radius 1 is 1.41 bits per heavy atom. The fourth-order valence-corrected chi connectivity index (χ4v) is 1.89. The molecule has 2 unspecified atom stereocenters. The van der Waals surface area contributed by atoms with Crippen molar-refractivity contribution >= 4 is 21.8 Å². The molecular weight excluding hydrogens is 282 g/mol. The van der Waals surface area contributed by atoms with Crippen molar-refractivity contribution in [2.24, 2.45) is 0 Å². The minimum atomic E-state index is -0.144. The molecule has 17 heavy (non-hydrogen) atoms. The number of rotatable bonds is 6. The van der Waals surface area contributed by atoms with Gasteiger partial charge in [0.2, 0.25) is 5.91 Å². The average molecular weight is 300 g/mol. The molecule has 1 amide bonds. The van der Waals surface area contributed by atoms with E-state index >= 15 is 0 Å². The van der Waals surface area contributed by atoms with Crippen LogP contribution in [0.3, 0.4) is 0 Å². The molecule has 2 atom stereocenters. The van der Waals surface area contributed by atoms with Crippen molar-refractivity contribution < 1.29 is 9.53 Å². The van der Waals surface area contributed by atoms with Gasteiger partial charge in [-0.3, -0.25) is 4.79 Å². The van der Waals surface area contributed by atoms with E-state index < -0.39 is 0 Å². The first-order valence-electron chi connectivity index (χ1n) is 5.59. The summed E-state index contributed by atoms with van der Waals surface area (Å²) >= 11 is 3.36. The number of amides is 1. The molecule has 0 aliphatic rings. The van der Waals surface area contributed by atoms with Crippen molar-refractivity contribution in [1.82, 2.24) is 5.32 Å². The Bertz CT molecular complexity index is 343. The molecule has 0 aliphatic carbocycles. The number of hydrogen-bond acceptors (Lipinski definition) is 2. The lowest BCUT2D eigenvalue weighted by atomic mass is 10.0. The van der Waals surface area contributed by atoms with Crippen LogP contribution in [0.5, 0.6) is 0 Å². The highest BCUT2D eigenvalue weighted by molar-refractivity contribution is 9.09. The smallest absolute Gasteiger partial charge is 0.227 e. The van der Waals surface area contributed by atoms with Crippen LogP contribution >= 0.6 is 15.9 Å². The van der Waals surface area contributed by atoms with Crippen molar-refractivity contribution in [3.05, 3.63) is 35.9 Å². The highest BCUT2D eigenvalue weighted by Gasteiger charge is 2.18. The van der Waals surface area contributed by atoms with Gasteiger partial charge in [0.15, 0.2) is 0 Å². The van der Waals surface area contributed by atoms with Crippen LogP contribution < -0.4 is 5.32 Å². The Labute approximate surface area is 111 Å². The predicted molar refractivity (Wildman–Crippen MR) is 72.5 cm³/mol. The first-order valence-corrected chi connectivity index (χ1v) is 6.71. The SMILES string of the molecule is COCC(CBr)NC(=O)C(C)c1ccccc1. The van der Waals surface area contributed by atoms with Gasteiger partial charge in [-0.2, -0.15) is 0 Å². The second-order valence-corrected chi connectivity index (χ2v) is 4.60. The minimum absolute atomic E-state index is 0.0127. The summed E-state index contributed by atoms with van der Waals surface area (Å²) in [5.41, 5.74) is 1.02. The number of methoxy groups -OCH3 is 1. The van der Waals surface area contributed by atoms with Crippen molar-refractivity contribution in [2.75, 3.05) is 19.0 Å². The summed E-state index contributed by atoms with van der Waals surface area (Å²) in [4.78, 5) is 12.0. The molecule has 94 valence electrons. The third kappa shape index (κ3) is 4.48. The molecule has 1 N–H and O–H groups in total. The van der Waals surface area contributed by atoms with Crippen LogP contribution in [0, 0.1) is 0 Å². The minimum Gasteiger partial charge on any atom is -0.383 e. The van der Waals surface area contributed by atoms with Crippen LogP contribution in [0.2, 0.25) is 0 Å². The van der Waals surface area contributed by atoms with Gasteiger partial charge in [0.25, 0.3) is 0 Å². The van der Waals surface area contributed by atoms with Crippen LogP contribution in [0.15, 0.2) is 30.3 Å². The summed E-state index contributed by atoms with van der Waals surface area (Å²) in [7, 11) is 1.63. The number of hydrogen-bond donors (Lipinski definition) is 1. The monoisotopic (exact) mass is 299 g/mol. The van der Waals surface area contributed by atoms with Crippen LogP contribution in [-0.2, 0) is 9.53 Å². The van der Waals surface area contributed by atoms with E-state index in [4.69, 9.17) is 4.74 Å². The largest absolute Gasteiger partial charge is 0.383 e. The number of carbonyl (C=O) groups is 1. The van der Waals surface area contributed by atoms with Gasteiger partial charge in [-0.05, 0) is 12.5 Å². The average Bonchev–Trinajstić information content (AvgIpc) is 2.38. The zero-order valence-electron chi connectivity index (χ0n) is 10.2. The third-order valence-corrected chi connectivity index (χ3v) is 3.37. The summed E-state index contributed by atoms with van der Waals surface area (Å²) in [6.45, 7) is 2.42. The van der Waals surface area contributed by atoms with Crippen LogP contribution in [0.1, 0.15) is 18.4 Å². The molecule has 0 heterocycles. The predicted octanol–water partition coefficient (Wildman–Crippen LogP) is 2.32. The van der Waals surface area contributed by atoms with E-state index in [9.17, 15) is 4.79 Å². The molecule has 3 nitrogen and oxygen atoms in total. The molecule has 0 aliphatic heterocycles. The molecule has 0 aromatic heterocycles. The molecule has 0 radical (unpaired) electrons. The summed E-state index contributed by atoms with van der Waals surface area (Å²) in [6.07, 6.45) is 0. The van der Waals surface area contributed by atoms with Gasteiger partial charge in [-0.15, -0.1) is 0 Å². The Balaban J connectivity index is 2.58. The number of ether oxygens (including phenoxy) is 1. The topological polar surface area (TPSA) is 38.3 Å². The molecular formula is C13H18BrNO2. The summed E-state index contributed by atoms with van der Waals surface area (Å²) in [5.74, 6) is -0.118. The van der Waals surface area contributed by atoms with Crippen LogP contribution in [0.25, 0.3) is 0 Å². The summed E-state index contributed by atoms with van der Waals surface area (Å²) < 4.78 is 5.04. The quantitative estimate of drug-likeness (QED) is 0.819. The maximum Gasteiger partial charge on any atom is 0.227 e. The van der Waals surface area contributed by atoms with E-state index in [0.717, 1.165) is 5.56 Å². The maximum absolute atomic E-state index is 12.0. The number of halogens is 1. The first-order chi connectivity index (χ1) is 8.19. The van der Waals surface area contributed by atoms with E-state index in [2.05, 4.69) is 21.2 Å². The van der Waals surface area contributed by atoms with Gasteiger partial charge >= 0.3 is 0 Å². The number of benzene rings is 1. The van der Waals surface area contributed by atoms with Gasteiger partial charge in [0, 0.05) is 12.4 Å². The highest BCUT2D eigenvalue weighted by Crippen LogP contribution is 2.14. The number of carbonyl (C=O) groups excluding carboxylic acids is 1. The Hall–Kier alpha value is -0.870. The van der Waals surface area contributed by atoms with Crippen molar-refractivity contribution in [3.8, 4) is 0 Å². The van der Waals surface area contributed by atoms with Gasteiger partial charge in [-0.1, -0.05) is 46.3 Å². The molecule has 0 saturated heterocycles. The van der Waals surface area contributed by atoms with Crippen molar-refractivity contribution in [1.29, 1.82) is 0 Å². The van der Waals surface area contributed by atoms with Gasteiger partial charge in [0.05, 0.1) is 18.6 Å². The fraction of sp³-hybridized carbons (Fsp3) is 0.462. The molecule has 0 bridgehead atoms. The van der Waals surface area contributed by atoms with E-state index in [1.165, 1.54) is 0 Å². The third-order valence-electron chi connectivity index (χ3n) is 2.59. The van der Waals surface area contributed by atoms with Crippen molar-refractivity contribution in [2.45, 2.75) is 18.9 Å². The second-order valence-electron chi connectivity index (χ2n) is 3.95. The van der Waals surface area contributed by atoms with Crippen LogP contribution in [-0.4, -0.2) is 31.0 Å². The van der Waals surface area contributed by atoms with E-state index in [1.54, 1.807) is 7.11 Å². The fourth-order valence-electron chi connectivity index (χ4n) is 1.55. The van der Waals surface area contributed by atoms with E-state index in [-0.39, 0.29) is 17.9 Å². The molecule has 0 spiro atoms. The normalized spacial score (nSPS) is 14.1. The Morgan fingerprint density at radius 2 is 2.06 bits per heavy atom. The highest BCUT2D eigenvalue weighted by atomic mass is 79.9. The number of alkyl halides is 1. The molecule has 1 aromatic rings. The molecule has 1 aromatic carbocycles. The van der Waals surface area contributed by atoms with Gasteiger partial charge in [0.1, 0.15) is 0 Å². The molecule has 0 fully saturated rings. The summed E-state index contributed by atoms with van der Waals surface area (Å²) in [6, 6.07) is 9.76. The molecule has 0 saturated carbocycles. The lowest BCUT2D eigenvalue weighted by molar-refractivity contribution is -0.123. The molecule has 4 heteroatoms. The lowest BCUT2D eigenvalue weighted by Crippen LogP contribution is -2.41. The lowest BCUT2D eigenvalue weighted by Gasteiger charge is -2.18. The van der Waals surface area contributed by atoms with E-state index in [1.807, 2.05) is 37.3 Å². The zero-order chi connectivity index (χ0) is 12.7. The van der Waals surface area contributed by atoms with Crippen LogP contribution in [0.4, 0.5) is 0 Å². The molecule has 1 rings (SSSR count). The Kier molecular flexibility index (Phi) is 6.22. The maximum atomic E-state index is 12.0. The van der Waals surface area contributed by atoms with Gasteiger partial charge in [-0.25, -0.2) is 0 Å².